The van der Waals surface area contributed by atoms with Gasteiger partial charge in [0.05, 0.1) is 5.03 Å². The van der Waals surface area contributed by atoms with Crippen molar-refractivity contribution in [3.05, 3.63) is 22.4 Å². The first-order valence-corrected chi connectivity index (χ1v) is 4.74. The zero-order valence-corrected chi connectivity index (χ0v) is 8.77. The van der Waals surface area contributed by atoms with Crippen molar-refractivity contribution in [1.29, 1.82) is 0 Å². The fraction of sp³-hybridized carbons (Fsp3) is 0.500. The SMILES string of the molecule is CN(C)C=C1CCCC(C=O)=C1Cl. The number of carbonyl (C=O) groups excluding carboxylic acids is 1. The molecule has 0 aliphatic heterocycles. The van der Waals surface area contributed by atoms with Crippen LogP contribution in [0.3, 0.4) is 0 Å². The fourth-order valence-corrected chi connectivity index (χ4v) is 1.72. The highest BCUT2D eigenvalue weighted by atomic mass is 35.5. The van der Waals surface area contributed by atoms with Gasteiger partial charge < -0.3 is 4.90 Å². The van der Waals surface area contributed by atoms with Crippen LogP contribution in [0.2, 0.25) is 0 Å². The van der Waals surface area contributed by atoms with Crippen LogP contribution in [0.4, 0.5) is 0 Å². The number of aldehydes is 1. The van der Waals surface area contributed by atoms with Gasteiger partial charge in [-0.15, -0.1) is 0 Å². The number of halogens is 1. The van der Waals surface area contributed by atoms with Crippen LogP contribution in [0.5, 0.6) is 0 Å². The molecule has 0 aromatic heterocycles. The van der Waals surface area contributed by atoms with E-state index < -0.39 is 0 Å². The van der Waals surface area contributed by atoms with Gasteiger partial charge in [0.2, 0.25) is 0 Å². The van der Waals surface area contributed by atoms with E-state index in [9.17, 15) is 4.79 Å². The third-order valence-electron chi connectivity index (χ3n) is 2.01. The standard InChI is InChI=1S/C10H14ClNO/c1-12(2)6-8-4-3-5-9(7-13)10(8)11/h6-7H,3-5H2,1-2H3. The van der Waals surface area contributed by atoms with E-state index in [0.717, 1.165) is 36.7 Å². The van der Waals surface area contributed by atoms with E-state index in [1.54, 1.807) is 0 Å². The predicted octanol–water partition coefficient (Wildman–Crippen LogP) is 2.31. The minimum Gasteiger partial charge on any atom is -0.383 e. The van der Waals surface area contributed by atoms with Gasteiger partial charge in [-0.05, 0) is 24.8 Å². The van der Waals surface area contributed by atoms with Gasteiger partial charge in [0, 0.05) is 25.9 Å². The van der Waals surface area contributed by atoms with Gasteiger partial charge in [-0.1, -0.05) is 11.6 Å². The van der Waals surface area contributed by atoms with Crippen molar-refractivity contribution in [3.8, 4) is 0 Å². The molecule has 72 valence electrons. The summed E-state index contributed by atoms with van der Waals surface area (Å²) in [5.41, 5.74) is 1.81. The highest BCUT2D eigenvalue weighted by molar-refractivity contribution is 6.33. The Hall–Kier alpha value is -0.760. The van der Waals surface area contributed by atoms with Crippen LogP contribution in [0, 0.1) is 0 Å². The molecule has 1 rings (SSSR count). The van der Waals surface area contributed by atoms with Crippen LogP contribution >= 0.6 is 11.6 Å². The van der Waals surface area contributed by atoms with Crippen molar-refractivity contribution < 1.29 is 4.79 Å². The summed E-state index contributed by atoms with van der Waals surface area (Å²) < 4.78 is 0. The normalized spacial score (nSPS) is 20.7. The molecule has 0 amide bonds. The molecule has 3 heteroatoms. The zero-order chi connectivity index (χ0) is 9.84. The Kier molecular flexibility index (Phi) is 3.55. The fourth-order valence-electron chi connectivity index (χ4n) is 1.44. The number of nitrogens with zero attached hydrogens (tertiary/aromatic N) is 1. The predicted molar refractivity (Wildman–Crippen MR) is 54.6 cm³/mol. The van der Waals surface area contributed by atoms with E-state index in [-0.39, 0.29) is 0 Å². The second-order valence-corrected chi connectivity index (χ2v) is 3.81. The number of carbonyl (C=O) groups is 1. The molecule has 1 aliphatic rings. The number of rotatable bonds is 2. The van der Waals surface area contributed by atoms with E-state index in [1.165, 1.54) is 0 Å². The Balaban J connectivity index is 2.94. The van der Waals surface area contributed by atoms with Gasteiger partial charge >= 0.3 is 0 Å². The summed E-state index contributed by atoms with van der Waals surface area (Å²) in [5, 5.41) is 0.648. The molecule has 13 heavy (non-hydrogen) atoms. The molecule has 0 bridgehead atoms. The number of hydrogen-bond acceptors (Lipinski definition) is 2. The molecule has 0 spiro atoms. The van der Waals surface area contributed by atoms with E-state index in [2.05, 4.69) is 0 Å². The van der Waals surface area contributed by atoms with Crippen molar-refractivity contribution in [2.75, 3.05) is 14.1 Å². The molecule has 0 fully saturated rings. The monoisotopic (exact) mass is 199 g/mol. The lowest BCUT2D eigenvalue weighted by atomic mass is 9.96. The van der Waals surface area contributed by atoms with Crippen LogP contribution in [-0.4, -0.2) is 25.3 Å². The van der Waals surface area contributed by atoms with Crippen molar-refractivity contribution in [3.63, 3.8) is 0 Å². The molecule has 0 aromatic rings. The number of hydrogen-bond donors (Lipinski definition) is 0. The quantitative estimate of drug-likeness (QED) is 0.637. The largest absolute Gasteiger partial charge is 0.383 e. The first-order chi connectivity index (χ1) is 6.15. The Morgan fingerprint density at radius 2 is 2.08 bits per heavy atom. The third kappa shape index (κ3) is 2.59. The summed E-state index contributed by atoms with van der Waals surface area (Å²) in [7, 11) is 3.90. The van der Waals surface area contributed by atoms with Crippen LogP contribution in [-0.2, 0) is 4.79 Å². The molecule has 0 heterocycles. The maximum absolute atomic E-state index is 10.6. The zero-order valence-electron chi connectivity index (χ0n) is 8.01. The lowest BCUT2D eigenvalue weighted by molar-refractivity contribution is -0.105. The molecule has 0 radical (unpaired) electrons. The van der Waals surface area contributed by atoms with E-state index in [4.69, 9.17) is 11.6 Å². The molecular formula is C10H14ClNO. The van der Waals surface area contributed by atoms with Crippen molar-refractivity contribution >= 4 is 17.9 Å². The van der Waals surface area contributed by atoms with Crippen LogP contribution < -0.4 is 0 Å². The molecule has 0 atom stereocenters. The summed E-state index contributed by atoms with van der Waals surface area (Å²) in [6.07, 6.45) is 5.64. The summed E-state index contributed by atoms with van der Waals surface area (Å²) in [5.74, 6) is 0. The number of allylic oxidation sites excluding steroid dienone is 3. The Morgan fingerprint density at radius 1 is 1.38 bits per heavy atom. The highest BCUT2D eigenvalue weighted by Gasteiger charge is 2.15. The first-order valence-electron chi connectivity index (χ1n) is 4.36. The summed E-state index contributed by atoms with van der Waals surface area (Å²) >= 11 is 6.05. The molecule has 0 saturated carbocycles. The van der Waals surface area contributed by atoms with Gasteiger partial charge in [-0.3, -0.25) is 4.79 Å². The molecule has 1 aliphatic carbocycles. The van der Waals surface area contributed by atoms with E-state index in [0.29, 0.717) is 5.03 Å². The summed E-state index contributed by atoms with van der Waals surface area (Å²) in [6, 6.07) is 0. The highest BCUT2D eigenvalue weighted by Crippen LogP contribution is 2.31. The van der Waals surface area contributed by atoms with Crippen molar-refractivity contribution in [2.24, 2.45) is 0 Å². The van der Waals surface area contributed by atoms with Crippen LogP contribution in [0.1, 0.15) is 19.3 Å². The minimum absolute atomic E-state index is 0.648. The van der Waals surface area contributed by atoms with Gasteiger partial charge in [-0.25, -0.2) is 0 Å². The topological polar surface area (TPSA) is 20.3 Å². The Bertz CT molecular complexity index is 266. The Morgan fingerprint density at radius 3 is 2.62 bits per heavy atom. The third-order valence-corrected chi connectivity index (χ3v) is 2.50. The van der Waals surface area contributed by atoms with Crippen molar-refractivity contribution in [2.45, 2.75) is 19.3 Å². The first kappa shape index (κ1) is 10.3. The molecule has 0 unspecified atom stereocenters. The lowest BCUT2D eigenvalue weighted by Crippen LogP contribution is -2.07. The summed E-state index contributed by atoms with van der Waals surface area (Å²) in [4.78, 5) is 12.6. The smallest absolute Gasteiger partial charge is 0.147 e. The van der Waals surface area contributed by atoms with Crippen LogP contribution in [0.25, 0.3) is 0 Å². The molecule has 0 saturated heterocycles. The lowest BCUT2D eigenvalue weighted by Gasteiger charge is -2.17. The Labute approximate surface area is 83.9 Å². The van der Waals surface area contributed by atoms with E-state index in [1.807, 2.05) is 25.2 Å². The molecule has 0 N–H and O–H groups in total. The average Bonchev–Trinajstić information content (AvgIpc) is 2.08. The maximum Gasteiger partial charge on any atom is 0.147 e. The van der Waals surface area contributed by atoms with E-state index >= 15 is 0 Å². The van der Waals surface area contributed by atoms with Crippen molar-refractivity contribution in [1.82, 2.24) is 4.90 Å². The van der Waals surface area contributed by atoms with Gasteiger partial charge in [0.25, 0.3) is 0 Å². The van der Waals surface area contributed by atoms with Gasteiger partial charge in [-0.2, -0.15) is 0 Å². The molecule has 2 nitrogen and oxygen atoms in total. The van der Waals surface area contributed by atoms with Gasteiger partial charge in [0.15, 0.2) is 0 Å². The van der Waals surface area contributed by atoms with Gasteiger partial charge in [0.1, 0.15) is 6.29 Å². The average molecular weight is 200 g/mol. The minimum atomic E-state index is 0.648. The molecular weight excluding hydrogens is 186 g/mol. The maximum atomic E-state index is 10.6. The van der Waals surface area contributed by atoms with Crippen LogP contribution in [0.15, 0.2) is 22.4 Å². The molecule has 0 aromatic carbocycles. The summed E-state index contributed by atoms with van der Waals surface area (Å²) in [6.45, 7) is 0. The second kappa shape index (κ2) is 4.47. The second-order valence-electron chi connectivity index (χ2n) is 3.43.